The van der Waals surface area contributed by atoms with E-state index in [4.69, 9.17) is 4.74 Å². The number of nitro benzene ring substituents is 1. The number of amides is 1. The molecule has 0 saturated heterocycles. The molecule has 0 heterocycles. The van der Waals surface area contributed by atoms with Crippen LogP contribution in [0.5, 0.6) is 0 Å². The van der Waals surface area contributed by atoms with Crippen LogP contribution in [0.25, 0.3) is 0 Å². The van der Waals surface area contributed by atoms with Gasteiger partial charge in [0.1, 0.15) is 0 Å². The smallest absolute Gasteiger partial charge is 0.339 e. The number of rotatable bonds is 7. The van der Waals surface area contributed by atoms with E-state index in [1.807, 2.05) is 27.7 Å². The standard InChI is InChI=1S/C17H24N2O5S/c1-10(2)18(11(3)4)16(20)12(5)24-17(21)13-7-8-15(25-6)14(9-13)19(22)23/h7-12H,1-6H3/t12-/m0/s1. The van der Waals surface area contributed by atoms with Crippen molar-refractivity contribution >= 4 is 29.3 Å². The molecule has 0 spiro atoms. The zero-order valence-electron chi connectivity index (χ0n) is 15.3. The second-order valence-corrected chi connectivity index (χ2v) is 6.97. The van der Waals surface area contributed by atoms with Crippen molar-refractivity contribution in [2.45, 2.75) is 57.7 Å². The molecule has 0 aromatic heterocycles. The number of benzene rings is 1. The predicted octanol–water partition coefficient (Wildman–Crippen LogP) is 3.51. The minimum absolute atomic E-state index is 0.0319. The van der Waals surface area contributed by atoms with E-state index in [2.05, 4.69) is 0 Å². The summed E-state index contributed by atoms with van der Waals surface area (Å²) >= 11 is 1.22. The highest BCUT2D eigenvalue weighted by atomic mass is 32.2. The van der Waals surface area contributed by atoms with Gasteiger partial charge in [0.2, 0.25) is 0 Å². The van der Waals surface area contributed by atoms with E-state index >= 15 is 0 Å². The van der Waals surface area contributed by atoms with Crippen molar-refractivity contribution in [2.75, 3.05) is 6.26 Å². The van der Waals surface area contributed by atoms with Crippen molar-refractivity contribution in [3.8, 4) is 0 Å². The summed E-state index contributed by atoms with van der Waals surface area (Å²) in [4.78, 5) is 37.4. The highest BCUT2D eigenvalue weighted by Crippen LogP contribution is 2.28. The fraction of sp³-hybridized carbons (Fsp3) is 0.529. The lowest BCUT2D eigenvalue weighted by Crippen LogP contribution is -2.47. The number of nitrogens with zero attached hydrogens (tertiary/aromatic N) is 2. The van der Waals surface area contributed by atoms with Crippen molar-refractivity contribution in [2.24, 2.45) is 0 Å². The van der Waals surface area contributed by atoms with Crippen LogP contribution in [-0.4, -0.2) is 46.1 Å². The Morgan fingerprint density at radius 3 is 2.16 bits per heavy atom. The fourth-order valence-electron chi connectivity index (χ4n) is 2.55. The molecule has 0 aliphatic rings. The van der Waals surface area contributed by atoms with Crippen LogP contribution in [0.4, 0.5) is 5.69 Å². The Bertz CT molecular complexity index is 652. The van der Waals surface area contributed by atoms with E-state index in [0.717, 1.165) is 0 Å². The molecule has 7 nitrogen and oxygen atoms in total. The molecule has 1 amide bonds. The monoisotopic (exact) mass is 368 g/mol. The Hall–Kier alpha value is -2.09. The van der Waals surface area contributed by atoms with Gasteiger partial charge < -0.3 is 9.64 Å². The quantitative estimate of drug-likeness (QED) is 0.317. The molecule has 0 N–H and O–H groups in total. The van der Waals surface area contributed by atoms with Crippen LogP contribution in [0.1, 0.15) is 45.0 Å². The Balaban J connectivity index is 2.97. The van der Waals surface area contributed by atoms with Crippen molar-refractivity contribution in [3.05, 3.63) is 33.9 Å². The van der Waals surface area contributed by atoms with Gasteiger partial charge in [-0.25, -0.2) is 4.79 Å². The summed E-state index contributed by atoms with van der Waals surface area (Å²) in [6, 6.07) is 4.07. The van der Waals surface area contributed by atoms with E-state index < -0.39 is 17.0 Å². The van der Waals surface area contributed by atoms with E-state index in [9.17, 15) is 19.7 Å². The molecule has 0 aliphatic heterocycles. The SMILES string of the molecule is CSc1ccc(C(=O)O[C@@H](C)C(=O)N(C(C)C)C(C)C)cc1[N+](=O)[O-]. The first-order chi connectivity index (χ1) is 11.6. The minimum Gasteiger partial charge on any atom is -0.449 e. The molecule has 25 heavy (non-hydrogen) atoms. The molecule has 0 saturated carbocycles. The van der Waals surface area contributed by atoms with Crippen molar-refractivity contribution in [1.82, 2.24) is 4.90 Å². The van der Waals surface area contributed by atoms with Crippen LogP contribution in [0.15, 0.2) is 23.1 Å². The van der Waals surface area contributed by atoms with Gasteiger partial charge in [-0.2, -0.15) is 0 Å². The van der Waals surface area contributed by atoms with E-state index in [0.29, 0.717) is 4.90 Å². The number of thioether (sulfide) groups is 1. The Morgan fingerprint density at radius 1 is 1.16 bits per heavy atom. The maximum Gasteiger partial charge on any atom is 0.339 e. The summed E-state index contributed by atoms with van der Waals surface area (Å²) in [7, 11) is 0. The van der Waals surface area contributed by atoms with Crippen LogP contribution >= 0.6 is 11.8 Å². The molecule has 0 bridgehead atoms. The molecule has 0 fully saturated rings. The van der Waals surface area contributed by atoms with E-state index in [1.165, 1.54) is 36.9 Å². The molecule has 0 aliphatic carbocycles. The highest BCUT2D eigenvalue weighted by Gasteiger charge is 2.28. The molecule has 0 unspecified atom stereocenters. The third-order valence-corrected chi connectivity index (χ3v) is 4.40. The number of nitro groups is 1. The lowest BCUT2D eigenvalue weighted by molar-refractivity contribution is -0.387. The van der Waals surface area contributed by atoms with Gasteiger partial charge >= 0.3 is 5.97 Å². The Morgan fingerprint density at radius 2 is 1.72 bits per heavy atom. The maximum atomic E-state index is 12.5. The van der Waals surface area contributed by atoms with Gasteiger partial charge in [-0.05, 0) is 53.0 Å². The minimum atomic E-state index is -0.975. The lowest BCUT2D eigenvalue weighted by Gasteiger charge is -2.32. The van der Waals surface area contributed by atoms with Crippen LogP contribution in [0, 0.1) is 10.1 Å². The first kappa shape index (κ1) is 21.0. The normalized spacial score (nSPS) is 12.2. The molecular formula is C17H24N2O5S. The zero-order valence-corrected chi connectivity index (χ0v) is 16.1. The molecule has 1 atom stereocenters. The highest BCUT2D eigenvalue weighted by molar-refractivity contribution is 7.98. The first-order valence-electron chi connectivity index (χ1n) is 7.95. The van der Waals surface area contributed by atoms with Gasteiger partial charge in [-0.3, -0.25) is 14.9 Å². The lowest BCUT2D eigenvalue weighted by atomic mass is 10.2. The molecule has 1 aromatic rings. The Kier molecular flexibility index (Phi) is 7.41. The van der Waals surface area contributed by atoms with E-state index in [-0.39, 0.29) is 29.2 Å². The molecule has 1 rings (SSSR count). The zero-order chi connectivity index (χ0) is 19.3. The van der Waals surface area contributed by atoms with Crippen LogP contribution in [0.2, 0.25) is 0 Å². The number of carbonyl (C=O) groups excluding carboxylic acids is 2. The van der Waals surface area contributed by atoms with Crippen molar-refractivity contribution in [3.63, 3.8) is 0 Å². The molecule has 8 heteroatoms. The second-order valence-electron chi connectivity index (χ2n) is 6.12. The van der Waals surface area contributed by atoms with Gasteiger partial charge in [0.15, 0.2) is 6.10 Å². The summed E-state index contributed by atoms with van der Waals surface area (Å²) in [6.07, 6.45) is 0.740. The van der Waals surface area contributed by atoms with Gasteiger partial charge in [-0.15, -0.1) is 11.8 Å². The van der Waals surface area contributed by atoms with Crippen molar-refractivity contribution < 1.29 is 19.2 Å². The Labute approximate surface area is 151 Å². The third-order valence-electron chi connectivity index (χ3n) is 3.61. The summed E-state index contributed by atoms with van der Waals surface area (Å²) in [6.45, 7) is 9.05. The number of hydrogen-bond acceptors (Lipinski definition) is 6. The predicted molar refractivity (Wildman–Crippen MR) is 96.9 cm³/mol. The molecular weight excluding hydrogens is 344 g/mol. The molecule has 138 valence electrons. The third kappa shape index (κ3) is 5.19. The average Bonchev–Trinajstić information content (AvgIpc) is 2.53. The second kappa shape index (κ2) is 8.84. The van der Waals surface area contributed by atoms with Crippen LogP contribution in [-0.2, 0) is 9.53 Å². The fourth-order valence-corrected chi connectivity index (χ4v) is 3.10. The number of ether oxygens (including phenoxy) is 1. The maximum absolute atomic E-state index is 12.5. The average molecular weight is 368 g/mol. The number of esters is 1. The van der Waals surface area contributed by atoms with Crippen molar-refractivity contribution in [1.29, 1.82) is 0 Å². The van der Waals surface area contributed by atoms with Gasteiger partial charge in [-0.1, -0.05) is 0 Å². The summed E-state index contributed by atoms with van der Waals surface area (Å²) in [5.41, 5.74) is -0.114. The summed E-state index contributed by atoms with van der Waals surface area (Å²) in [5.74, 6) is -1.06. The van der Waals surface area contributed by atoms with Gasteiger partial charge in [0.05, 0.1) is 15.4 Å². The van der Waals surface area contributed by atoms with Crippen LogP contribution in [0.3, 0.4) is 0 Å². The molecule has 1 aromatic carbocycles. The summed E-state index contributed by atoms with van der Waals surface area (Å²) < 4.78 is 5.23. The van der Waals surface area contributed by atoms with Gasteiger partial charge in [0, 0.05) is 18.2 Å². The molecule has 0 radical (unpaired) electrons. The van der Waals surface area contributed by atoms with Crippen LogP contribution < -0.4 is 0 Å². The first-order valence-corrected chi connectivity index (χ1v) is 9.18. The topological polar surface area (TPSA) is 89.8 Å². The van der Waals surface area contributed by atoms with Gasteiger partial charge in [0.25, 0.3) is 11.6 Å². The summed E-state index contributed by atoms with van der Waals surface area (Å²) in [5, 5.41) is 11.1. The van der Waals surface area contributed by atoms with E-state index in [1.54, 1.807) is 11.2 Å². The largest absolute Gasteiger partial charge is 0.449 e. The number of hydrogen-bond donors (Lipinski definition) is 0. The number of carbonyl (C=O) groups is 2.